The number of nitrogens with zero attached hydrogens (tertiary/aromatic N) is 6. The number of anilines is 3. The molecule has 4 aromatic rings. The molecule has 45 heavy (non-hydrogen) atoms. The molecule has 0 saturated heterocycles. The van der Waals surface area contributed by atoms with Gasteiger partial charge in [-0.15, -0.1) is 0 Å². The molecule has 0 atom stereocenters. The van der Waals surface area contributed by atoms with Gasteiger partial charge in [-0.1, -0.05) is 0 Å². The summed E-state index contributed by atoms with van der Waals surface area (Å²) in [7, 11) is 0.722. The number of ketones is 1. The third-order valence-corrected chi connectivity index (χ3v) is 10.4. The highest BCUT2D eigenvalue weighted by Crippen LogP contribution is 2.32. The Morgan fingerprint density at radius 2 is 1.71 bits per heavy atom. The number of halogens is 1. The minimum Gasteiger partial charge on any atom is -0.384 e. The largest absolute Gasteiger partial charge is 0.384 e. The number of hydrogen-bond donors (Lipinski definition) is 2. The number of hydrogen-bond acceptors (Lipinski definition) is 10. The van der Waals surface area contributed by atoms with Crippen molar-refractivity contribution < 1.29 is 17.6 Å². The summed E-state index contributed by atoms with van der Waals surface area (Å²) in [6.07, 6.45) is 11.8. The quantitative estimate of drug-likeness (QED) is 0.206. The molecule has 236 valence electrons. The third kappa shape index (κ3) is 7.36. The minimum absolute atomic E-state index is 0.256. The number of aromatic nitrogens is 5. The van der Waals surface area contributed by atoms with Gasteiger partial charge in [0.1, 0.15) is 17.5 Å². The predicted octanol–water partition coefficient (Wildman–Crippen LogP) is 4.97. The topological polar surface area (TPSA) is 135 Å². The Labute approximate surface area is 262 Å². The zero-order chi connectivity index (χ0) is 31.6. The second kappa shape index (κ2) is 13.0. The molecule has 11 nitrogen and oxygen atoms in total. The molecule has 2 aliphatic rings. The number of carbonyl (C=O) groups excluding carboxylic acids is 1. The van der Waals surface area contributed by atoms with Crippen molar-refractivity contribution in [2.45, 2.75) is 43.8 Å². The molecule has 0 aliphatic heterocycles. The van der Waals surface area contributed by atoms with Crippen LogP contribution in [-0.2, 0) is 10.0 Å². The van der Waals surface area contributed by atoms with Crippen molar-refractivity contribution in [3.63, 3.8) is 0 Å². The fraction of sp³-hybridized carbons (Fsp3) is 0.406. The smallest absolute Gasteiger partial charge is 0.256 e. The van der Waals surface area contributed by atoms with Crippen LogP contribution in [0.15, 0.2) is 61.2 Å². The van der Waals surface area contributed by atoms with Gasteiger partial charge in [0, 0.05) is 37.1 Å². The van der Waals surface area contributed by atoms with Crippen LogP contribution in [-0.4, -0.2) is 75.7 Å². The number of rotatable bonds is 12. The van der Waals surface area contributed by atoms with Gasteiger partial charge in [-0.3, -0.25) is 4.79 Å². The van der Waals surface area contributed by atoms with Gasteiger partial charge in [-0.05, 0) is 94.8 Å². The van der Waals surface area contributed by atoms with Gasteiger partial charge in [0.15, 0.2) is 11.6 Å². The Kier molecular flexibility index (Phi) is 8.90. The Balaban J connectivity index is 1.21. The van der Waals surface area contributed by atoms with Gasteiger partial charge in [-0.2, -0.15) is 9.19 Å². The van der Waals surface area contributed by atoms with Crippen molar-refractivity contribution in [2.24, 2.45) is 11.8 Å². The molecular formula is C32H37FN8O3S. The lowest BCUT2D eigenvalue weighted by Gasteiger charge is -2.30. The average Bonchev–Trinajstić information content (AvgIpc) is 3.78. The van der Waals surface area contributed by atoms with E-state index in [0.29, 0.717) is 71.1 Å². The summed E-state index contributed by atoms with van der Waals surface area (Å²) in [6, 6.07) is 8.94. The van der Waals surface area contributed by atoms with Gasteiger partial charge in [0.05, 0.1) is 34.5 Å². The van der Waals surface area contributed by atoms with Crippen LogP contribution in [0.5, 0.6) is 0 Å². The molecule has 3 heterocycles. The molecule has 2 N–H and O–H groups in total. The van der Waals surface area contributed by atoms with E-state index in [-0.39, 0.29) is 11.0 Å². The molecule has 0 amide bonds. The Hall–Kier alpha value is -4.23. The van der Waals surface area contributed by atoms with Crippen LogP contribution in [0, 0.1) is 17.7 Å². The number of benzene rings is 1. The Morgan fingerprint density at radius 3 is 2.42 bits per heavy atom. The lowest BCUT2D eigenvalue weighted by molar-refractivity contribution is 0.103. The van der Waals surface area contributed by atoms with Crippen LogP contribution in [0.2, 0.25) is 0 Å². The minimum atomic E-state index is -3.50. The molecule has 6 rings (SSSR count). The van der Waals surface area contributed by atoms with Crippen LogP contribution in [0.1, 0.15) is 54.4 Å². The van der Waals surface area contributed by atoms with E-state index < -0.39 is 15.8 Å². The molecule has 3 aromatic heterocycles. The van der Waals surface area contributed by atoms with Crippen LogP contribution in [0.4, 0.5) is 21.7 Å². The van der Waals surface area contributed by atoms with E-state index in [1.54, 1.807) is 18.3 Å². The summed E-state index contributed by atoms with van der Waals surface area (Å²) in [6.45, 7) is 1.82. The zero-order valence-electron chi connectivity index (χ0n) is 25.4. The van der Waals surface area contributed by atoms with Crippen molar-refractivity contribution in [3.8, 4) is 11.4 Å². The van der Waals surface area contributed by atoms with Crippen molar-refractivity contribution in [1.29, 1.82) is 0 Å². The maximum absolute atomic E-state index is 13.6. The Morgan fingerprint density at radius 1 is 0.978 bits per heavy atom. The first-order chi connectivity index (χ1) is 21.7. The molecule has 0 radical (unpaired) electrons. The van der Waals surface area contributed by atoms with Crippen LogP contribution >= 0.6 is 0 Å². The highest BCUT2D eigenvalue weighted by atomic mass is 32.2. The highest BCUT2D eigenvalue weighted by molar-refractivity contribution is 7.90. The van der Waals surface area contributed by atoms with Gasteiger partial charge in [-0.25, -0.2) is 27.8 Å². The van der Waals surface area contributed by atoms with E-state index in [0.717, 1.165) is 23.5 Å². The van der Waals surface area contributed by atoms with Gasteiger partial charge in [0.25, 0.3) is 10.0 Å². The molecule has 2 fully saturated rings. The highest BCUT2D eigenvalue weighted by Gasteiger charge is 2.37. The summed E-state index contributed by atoms with van der Waals surface area (Å²) < 4.78 is 39.7. The summed E-state index contributed by atoms with van der Waals surface area (Å²) in [5.74, 6) is 1.73. The summed E-state index contributed by atoms with van der Waals surface area (Å²) in [4.78, 5) is 29.0. The zero-order valence-corrected chi connectivity index (χ0v) is 26.2. The fourth-order valence-electron chi connectivity index (χ4n) is 5.77. The van der Waals surface area contributed by atoms with E-state index in [1.165, 1.54) is 55.7 Å². The molecule has 0 spiro atoms. The van der Waals surface area contributed by atoms with E-state index in [1.807, 2.05) is 0 Å². The maximum atomic E-state index is 13.6. The van der Waals surface area contributed by atoms with E-state index in [2.05, 4.69) is 49.7 Å². The number of nitrogens with one attached hydrogen (secondary N) is 2. The number of pyridine rings is 1. The van der Waals surface area contributed by atoms with E-state index in [9.17, 15) is 17.6 Å². The van der Waals surface area contributed by atoms with Crippen LogP contribution in [0.3, 0.4) is 0 Å². The molecule has 1 aromatic carbocycles. The first-order valence-electron chi connectivity index (χ1n) is 15.2. The van der Waals surface area contributed by atoms with E-state index >= 15 is 0 Å². The van der Waals surface area contributed by atoms with Crippen molar-refractivity contribution >= 4 is 33.1 Å². The molecule has 0 unspecified atom stereocenters. The molecule has 13 heteroatoms. The maximum Gasteiger partial charge on any atom is 0.256 e. The average molecular weight is 633 g/mol. The second-order valence-corrected chi connectivity index (χ2v) is 14.3. The lowest BCUT2D eigenvalue weighted by atomic mass is 9.81. The lowest BCUT2D eigenvalue weighted by Crippen LogP contribution is -2.28. The summed E-state index contributed by atoms with van der Waals surface area (Å²) >= 11 is 0. The van der Waals surface area contributed by atoms with E-state index in [4.69, 9.17) is 0 Å². The van der Waals surface area contributed by atoms with Crippen LogP contribution in [0.25, 0.3) is 11.4 Å². The first kappa shape index (κ1) is 30.8. The summed E-state index contributed by atoms with van der Waals surface area (Å²) in [5, 5.41) is 10.3. The molecule has 2 saturated carbocycles. The Bertz CT molecular complexity index is 1770. The van der Waals surface area contributed by atoms with Crippen molar-refractivity contribution in [2.75, 3.05) is 37.8 Å². The normalized spacial score (nSPS) is 18.6. The van der Waals surface area contributed by atoms with Gasteiger partial charge >= 0.3 is 0 Å². The third-order valence-electron chi connectivity index (χ3n) is 8.36. The standard InChI is InChI=1S/C32H37FN8O3S/c1-40(2)19-22-5-3-21(4-6-22)16-35-28-15-30(36-18-27(28)31(42)23-7-9-25(33)10-8-23)38-29-13-14-34-32(39-29)24-17-37-41(20-24)45(43,44)26-11-12-26/h7-10,13-15,17-18,20-22,26H,3-6,11-12,16,19H2,1-2H3,(H2,34,35,36,38,39). The molecule has 0 bridgehead atoms. The number of carbonyl (C=O) groups is 1. The predicted molar refractivity (Wildman–Crippen MR) is 170 cm³/mol. The molecular weight excluding hydrogens is 595 g/mol. The first-order valence-corrected chi connectivity index (χ1v) is 16.7. The fourth-order valence-corrected chi connectivity index (χ4v) is 7.25. The van der Waals surface area contributed by atoms with Gasteiger partial charge < -0.3 is 15.5 Å². The molecule has 2 aliphatic carbocycles. The van der Waals surface area contributed by atoms with Crippen molar-refractivity contribution in [1.82, 2.24) is 29.0 Å². The second-order valence-electron chi connectivity index (χ2n) is 12.2. The van der Waals surface area contributed by atoms with Gasteiger partial charge in [0.2, 0.25) is 0 Å². The monoisotopic (exact) mass is 632 g/mol. The summed E-state index contributed by atoms with van der Waals surface area (Å²) in [5.41, 5.74) is 1.86. The van der Waals surface area contributed by atoms with Crippen molar-refractivity contribution in [3.05, 3.63) is 78.1 Å². The van der Waals surface area contributed by atoms with Crippen LogP contribution < -0.4 is 10.6 Å². The SMILES string of the molecule is CN(C)CC1CCC(CNc2cc(Nc3ccnc(-c4cnn(S(=O)(=O)C5CC5)c4)n3)ncc2C(=O)c2ccc(F)cc2)CC1.